The maximum absolute atomic E-state index is 6.71. The summed E-state index contributed by atoms with van der Waals surface area (Å²) in [7, 11) is 0. The zero-order valence-electron chi connectivity index (χ0n) is 29.2. The van der Waals surface area contributed by atoms with Gasteiger partial charge in [0.05, 0.1) is 16.4 Å². The summed E-state index contributed by atoms with van der Waals surface area (Å²) in [5.74, 6) is 0. The van der Waals surface area contributed by atoms with Gasteiger partial charge in [-0.15, -0.1) is 5.70 Å². The van der Waals surface area contributed by atoms with Crippen LogP contribution in [-0.4, -0.2) is 4.57 Å². The monoisotopic (exact) mass is 690 g/mol. The van der Waals surface area contributed by atoms with Gasteiger partial charge in [0.2, 0.25) is 0 Å². The lowest BCUT2D eigenvalue weighted by Gasteiger charge is -2.36. The van der Waals surface area contributed by atoms with Crippen molar-refractivity contribution in [3.63, 3.8) is 0 Å². The molecule has 8 aromatic carbocycles. The van der Waals surface area contributed by atoms with Gasteiger partial charge in [-0.25, -0.2) is 0 Å². The standard InChI is InChI=1S/C50H32N3O/c1-4-13-32(14-5-1)35-23-26-38-39-27-24-36(33-15-6-2-7-16-33)30-45(39)53(44(38)29-35)37-25-28-41-47(31-37)54-46-22-12-20-42(48(41)46)50-51-43-21-11-10-19-40(43)49(52-50)34-17-8-3-9-18-34/h1-31,50H/q-1. The number of aromatic nitrogens is 1. The van der Waals surface area contributed by atoms with Crippen molar-refractivity contribution in [3.8, 4) is 27.9 Å². The largest absolute Gasteiger partial charge is 0.659 e. The van der Waals surface area contributed by atoms with E-state index in [1.165, 1.54) is 33.0 Å². The fourth-order valence-electron chi connectivity index (χ4n) is 8.22. The Bertz CT molecular complexity index is 3080. The first kappa shape index (κ1) is 30.5. The van der Waals surface area contributed by atoms with E-state index in [0.717, 1.165) is 66.1 Å². The number of hydrogen-bond acceptors (Lipinski definition) is 2. The summed E-state index contributed by atoms with van der Waals surface area (Å²) in [6.45, 7) is 0. The van der Waals surface area contributed by atoms with Crippen molar-refractivity contribution >= 4 is 49.4 Å². The average molecular weight is 691 g/mol. The number of benzene rings is 8. The predicted octanol–water partition coefficient (Wildman–Crippen LogP) is 11.9. The molecule has 254 valence electrons. The molecule has 1 atom stereocenters. The highest BCUT2D eigenvalue weighted by Crippen LogP contribution is 2.42. The van der Waals surface area contributed by atoms with Crippen molar-refractivity contribution in [2.45, 2.75) is 6.17 Å². The van der Waals surface area contributed by atoms with Gasteiger partial charge in [0.1, 0.15) is 11.2 Å². The van der Waals surface area contributed by atoms with Crippen LogP contribution in [-0.2, 0) is 0 Å². The van der Waals surface area contributed by atoms with Gasteiger partial charge in [0.25, 0.3) is 0 Å². The van der Waals surface area contributed by atoms with Crippen LogP contribution in [0.2, 0.25) is 0 Å². The van der Waals surface area contributed by atoms with Crippen LogP contribution < -0.4 is 10.6 Å². The van der Waals surface area contributed by atoms with Crippen molar-refractivity contribution in [1.82, 2.24) is 4.57 Å². The third-order valence-corrected chi connectivity index (χ3v) is 10.8. The smallest absolute Gasteiger partial charge is 0.137 e. The highest BCUT2D eigenvalue weighted by atomic mass is 16.3. The van der Waals surface area contributed by atoms with E-state index < -0.39 is 6.17 Å². The summed E-state index contributed by atoms with van der Waals surface area (Å²) in [6, 6.07) is 66.4. The van der Waals surface area contributed by atoms with Gasteiger partial charge in [-0.2, -0.15) is 0 Å². The molecule has 0 saturated heterocycles. The van der Waals surface area contributed by atoms with E-state index >= 15 is 0 Å². The molecule has 0 amide bonds. The van der Waals surface area contributed by atoms with Gasteiger partial charge in [-0.1, -0.05) is 146 Å². The molecule has 4 nitrogen and oxygen atoms in total. The first-order chi connectivity index (χ1) is 26.8. The SMILES string of the molecule is c1ccc(C2=c3ccccc3=NC(c3cccc4oc5cc(-n6c7cc(-c8ccccc8)ccc7c7ccc(-c8ccccc8)cc76)ccc5c34)[N-]2)cc1. The Kier molecular flexibility index (Phi) is 6.89. The molecule has 3 heterocycles. The fraction of sp³-hybridized carbons (Fsp3) is 0.0200. The lowest BCUT2D eigenvalue weighted by atomic mass is 10.0. The van der Waals surface area contributed by atoms with Crippen LogP contribution in [0.4, 0.5) is 0 Å². The fourth-order valence-corrected chi connectivity index (χ4v) is 8.22. The molecule has 2 aromatic heterocycles. The zero-order chi connectivity index (χ0) is 35.6. The van der Waals surface area contributed by atoms with Crippen LogP contribution in [0.1, 0.15) is 17.3 Å². The average Bonchev–Trinajstić information content (AvgIpc) is 3.78. The first-order valence-electron chi connectivity index (χ1n) is 18.3. The van der Waals surface area contributed by atoms with Crippen LogP contribution >= 0.6 is 0 Å². The number of fused-ring (bicyclic) bond motifs is 7. The van der Waals surface area contributed by atoms with Crippen LogP contribution in [0.25, 0.3) is 82.7 Å². The van der Waals surface area contributed by atoms with E-state index in [0.29, 0.717) is 0 Å². The molecule has 1 unspecified atom stereocenters. The normalized spacial score (nSPS) is 14.0. The molecule has 0 aliphatic carbocycles. The first-order valence-corrected chi connectivity index (χ1v) is 18.3. The van der Waals surface area contributed by atoms with Gasteiger partial charge in [0, 0.05) is 39.5 Å². The van der Waals surface area contributed by atoms with E-state index in [4.69, 9.17) is 14.7 Å². The van der Waals surface area contributed by atoms with E-state index in [1.54, 1.807) is 0 Å². The van der Waals surface area contributed by atoms with Gasteiger partial charge >= 0.3 is 0 Å². The predicted molar refractivity (Wildman–Crippen MR) is 221 cm³/mol. The molecule has 0 spiro atoms. The Morgan fingerprint density at radius 2 is 1.06 bits per heavy atom. The zero-order valence-corrected chi connectivity index (χ0v) is 29.2. The molecule has 1 aliphatic rings. The molecular formula is C50H32N3O-. The summed E-state index contributed by atoms with van der Waals surface area (Å²) >= 11 is 0. The molecule has 0 fully saturated rings. The second-order valence-corrected chi connectivity index (χ2v) is 13.9. The minimum atomic E-state index is -0.413. The van der Waals surface area contributed by atoms with Crippen LogP contribution in [0.15, 0.2) is 197 Å². The summed E-state index contributed by atoms with van der Waals surface area (Å²) < 4.78 is 9.10. The maximum atomic E-state index is 6.71. The van der Waals surface area contributed by atoms with E-state index in [2.05, 4.69) is 180 Å². The topological polar surface area (TPSA) is 44.5 Å². The third kappa shape index (κ3) is 4.88. The van der Waals surface area contributed by atoms with Gasteiger partial charge in [-0.05, 0) is 75.0 Å². The minimum Gasteiger partial charge on any atom is -0.659 e. The summed E-state index contributed by atoms with van der Waals surface area (Å²) in [5, 5.41) is 11.8. The summed E-state index contributed by atoms with van der Waals surface area (Å²) in [4.78, 5) is 5.19. The number of rotatable bonds is 5. The highest BCUT2D eigenvalue weighted by Gasteiger charge is 2.19. The number of furan rings is 1. The number of hydrogen-bond donors (Lipinski definition) is 0. The second-order valence-electron chi connectivity index (χ2n) is 13.9. The van der Waals surface area contributed by atoms with Crippen LogP contribution in [0.3, 0.4) is 0 Å². The molecule has 0 radical (unpaired) electrons. The highest BCUT2D eigenvalue weighted by molar-refractivity contribution is 6.12. The third-order valence-electron chi connectivity index (χ3n) is 10.8. The Morgan fingerprint density at radius 1 is 0.463 bits per heavy atom. The molecule has 0 bridgehead atoms. The molecule has 11 rings (SSSR count). The van der Waals surface area contributed by atoms with Crippen molar-refractivity contribution in [1.29, 1.82) is 0 Å². The lowest BCUT2D eigenvalue weighted by Crippen LogP contribution is -2.31. The Morgan fingerprint density at radius 3 is 1.72 bits per heavy atom. The van der Waals surface area contributed by atoms with Gasteiger partial charge < -0.3 is 14.3 Å². The maximum Gasteiger partial charge on any atom is 0.137 e. The molecule has 1 aliphatic heterocycles. The molecule has 0 N–H and O–H groups in total. The van der Waals surface area contributed by atoms with E-state index in [1.807, 2.05) is 12.1 Å². The molecule has 4 heteroatoms. The summed E-state index contributed by atoms with van der Waals surface area (Å²) in [5.41, 5.74) is 12.8. The number of nitrogens with zero attached hydrogens (tertiary/aromatic N) is 3. The van der Waals surface area contributed by atoms with Crippen molar-refractivity contribution in [2.75, 3.05) is 0 Å². The molecule has 54 heavy (non-hydrogen) atoms. The van der Waals surface area contributed by atoms with Crippen molar-refractivity contribution in [2.24, 2.45) is 4.99 Å². The molecule has 10 aromatic rings. The number of para-hydroxylation sites is 1. The lowest BCUT2D eigenvalue weighted by molar-refractivity contribution is 0.668. The molecule has 0 saturated carbocycles. The Hall–Kier alpha value is -7.17. The van der Waals surface area contributed by atoms with Gasteiger partial charge in [0.15, 0.2) is 0 Å². The Labute approximate surface area is 311 Å². The van der Waals surface area contributed by atoms with Crippen molar-refractivity contribution in [3.05, 3.63) is 215 Å². The van der Waals surface area contributed by atoms with Crippen LogP contribution in [0, 0.1) is 0 Å². The van der Waals surface area contributed by atoms with E-state index in [-0.39, 0.29) is 0 Å². The second kappa shape index (κ2) is 12.2. The summed E-state index contributed by atoms with van der Waals surface area (Å²) in [6.07, 6.45) is -0.413. The Balaban J connectivity index is 1.10. The van der Waals surface area contributed by atoms with Crippen LogP contribution in [0.5, 0.6) is 0 Å². The van der Waals surface area contributed by atoms with Gasteiger partial charge in [-0.3, -0.25) is 4.99 Å². The minimum absolute atomic E-state index is 0.413. The molecular weight excluding hydrogens is 659 g/mol. The quantitative estimate of drug-likeness (QED) is 0.177. The van der Waals surface area contributed by atoms with Crippen molar-refractivity contribution < 1.29 is 4.42 Å². The van der Waals surface area contributed by atoms with E-state index in [9.17, 15) is 0 Å².